The molecule has 2 bridgehead atoms. The van der Waals surface area contributed by atoms with Crippen molar-refractivity contribution in [1.29, 1.82) is 0 Å². The lowest BCUT2D eigenvalue weighted by Crippen LogP contribution is -2.78. The molecule has 5 rings (SSSR count). The molecule has 1 aromatic rings. The number of aromatic hydroxyl groups is 1. The van der Waals surface area contributed by atoms with Gasteiger partial charge < -0.3 is 29.5 Å². The van der Waals surface area contributed by atoms with Gasteiger partial charge in [0.15, 0.2) is 11.5 Å². The summed E-state index contributed by atoms with van der Waals surface area (Å²) in [6, 6.07) is 4.02. The molecule has 7 nitrogen and oxygen atoms in total. The molecule has 1 spiro atoms. The first-order chi connectivity index (χ1) is 14.6. The first kappa shape index (κ1) is 21.0. The van der Waals surface area contributed by atoms with E-state index < -0.39 is 5.60 Å². The number of phenols is 1. The maximum Gasteiger partial charge on any atom is 0.320 e. The number of carbonyl (C=O) groups excluding carboxylic acids is 1. The zero-order chi connectivity index (χ0) is 22.2. The van der Waals surface area contributed by atoms with E-state index in [0.29, 0.717) is 5.75 Å². The average Bonchev–Trinajstić information content (AvgIpc) is 3.05. The lowest BCUT2D eigenvalue weighted by Gasteiger charge is -2.65. The molecule has 0 aromatic heterocycles. The van der Waals surface area contributed by atoms with E-state index in [-0.39, 0.29) is 47.5 Å². The molecule has 170 valence electrons. The first-order valence-electron chi connectivity index (χ1n) is 11.4. The second-order valence-corrected chi connectivity index (χ2v) is 10.6. The predicted molar refractivity (Wildman–Crippen MR) is 116 cm³/mol. The third-order valence-corrected chi connectivity index (χ3v) is 7.98. The fourth-order valence-electron chi connectivity index (χ4n) is 6.94. The SMILES string of the molecule is CO[C@@]12CCC(NCC(=O)OC(C)(C)C)[C@@H]3Oc4c(O)ccc5c4[C@@]31CCN(C)C2C5. The number of benzene rings is 1. The summed E-state index contributed by atoms with van der Waals surface area (Å²) in [6.07, 6.45) is 3.28. The van der Waals surface area contributed by atoms with Crippen molar-refractivity contribution >= 4 is 5.97 Å². The lowest BCUT2D eigenvalue weighted by atomic mass is 9.48. The zero-order valence-electron chi connectivity index (χ0n) is 19.2. The van der Waals surface area contributed by atoms with Gasteiger partial charge in [0.1, 0.15) is 11.7 Å². The minimum atomic E-state index is -0.513. The van der Waals surface area contributed by atoms with E-state index in [9.17, 15) is 9.90 Å². The Hall–Kier alpha value is -1.83. The van der Waals surface area contributed by atoms with Crippen LogP contribution in [0.1, 0.15) is 51.2 Å². The van der Waals surface area contributed by atoms with Crippen LogP contribution in [0.15, 0.2) is 12.1 Å². The van der Waals surface area contributed by atoms with Gasteiger partial charge in [-0.3, -0.25) is 4.79 Å². The van der Waals surface area contributed by atoms with Gasteiger partial charge in [0.25, 0.3) is 0 Å². The minimum Gasteiger partial charge on any atom is -0.504 e. The van der Waals surface area contributed by atoms with E-state index >= 15 is 0 Å². The highest BCUT2D eigenvalue weighted by Crippen LogP contribution is 2.66. The second-order valence-electron chi connectivity index (χ2n) is 10.6. The summed E-state index contributed by atoms with van der Waals surface area (Å²) >= 11 is 0. The lowest BCUT2D eigenvalue weighted by molar-refractivity contribution is -0.203. The van der Waals surface area contributed by atoms with Crippen molar-refractivity contribution in [3.63, 3.8) is 0 Å². The molecule has 1 aromatic carbocycles. The zero-order valence-corrected chi connectivity index (χ0v) is 19.2. The fraction of sp³-hybridized carbons (Fsp3) is 0.708. The van der Waals surface area contributed by atoms with E-state index in [1.165, 1.54) is 5.56 Å². The molecule has 0 radical (unpaired) electrons. The minimum absolute atomic E-state index is 0.0300. The van der Waals surface area contributed by atoms with Crippen LogP contribution in [0.2, 0.25) is 0 Å². The van der Waals surface area contributed by atoms with Crippen LogP contribution < -0.4 is 10.1 Å². The summed E-state index contributed by atoms with van der Waals surface area (Å²) in [4.78, 5) is 14.8. The third kappa shape index (κ3) is 2.79. The topological polar surface area (TPSA) is 80.3 Å². The van der Waals surface area contributed by atoms with E-state index in [2.05, 4.69) is 17.3 Å². The summed E-state index contributed by atoms with van der Waals surface area (Å²) in [5.74, 6) is 0.534. The molecule has 2 unspecified atom stereocenters. The van der Waals surface area contributed by atoms with Gasteiger partial charge in [-0.2, -0.15) is 0 Å². The van der Waals surface area contributed by atoms with Crippen LogP contribution in [0.25, 0.3) is 0 Å². The van der Waals surface area contributed by atoms with Crippen molar-refractivity contribution in [2.45, 2.75) is 81.3 Å². The van der Waals surface area contributed by atoms with Crippen molar-refractivity contribution in [1.82, 2.24) is 10.2 Å². The second kappa shape index (κ2) is 6.83. The summed E-state index contributed by atoms with van der Waals surface area (Å²) in [5, 5.41) is 14.1. The molecule has 2 heterocycles. The van der Waals surface area contributed by atoms with Gasteiger partial charge in [0.2, 0.25) is 0 Å². The maximum atomic E-state index is 12.4. The molecule has 2 aliphatic carbocycles. The van der Waals surface area contributed by atoms with E-state index in [1.54, 1.807) is 6.07 Å². The van der Waals surface area contributed by atoms with Crippen molar-refractivity contribution in [3.05, 3.63) is 23.3 Å². The number of hydrogen-bond donors (Lipinski definition) is 2. The number of rotatable bonds is 4. The van der Waals surface area contributed by atoms with Gasteiger partial charge in [0.05, 0.1) is 17.6 Å². The fourth-order valence-corrected chi connectivity index (χ4v) is 6.94. The normalized spacial score (nSPS) is 36.0. The Bertz CT molecular complexity index is 912. The van der Waals surface area contributed by atoms with Crippen LogP contribution in [0, 0.1) is 0 Å². The van der Waals surface area contributed by atoms with E-state index in [0.717, 1.165) is 37.8 Å². The largest absolute Gasteiger partial charge is 0.504 e. The average molecular weight is 431 g/mol. The van der Waals surface area contributed by atoms with Crippen molar-refractivity contribution < 1.29 is 24.1 Å². The number of hydrogen-bond acceptors (Lipinski definition) is 7. The van der Waals surface area contributed by atoms with E-state index in [4.69, 9.17) is 14.2 Å². The van der Waals surface area contributed by atoms with Crippen LogP contribution in [0.5, 0.6) is 11.5 Å². The van der Waals surface area contributed by atoms with Gasteiger partial charge in [-0.25, -0.2) is 0 Å². The summed E-state index contributed by atoms with van der Waals surface area (Å²) in [7, 11) is 4.01. The molecule has 1 saturated heterocycles. The molecule has 31 heavy (non-hydrogen) atoms. The van der Waals surface area contributed by atoms with Crippen LogP contribution in [0.3, 0.4) is 0 Å². The molecule has 4 aliphatic rings. The number of esters is 1. The van der Waals surface area contributed by atoms with Gasteiger partial charge in [-0.05, 0) is 71.7 Å². The highest BCUT2D eigenvalue weighted by Gasteiger charge is 2.73. The number of likely N-dealkylation sites (tertiary alicyclic amines) is 1. The molecule has 2 N–H and O–H groups in total. The van der Waals surface area contributed by atoms with Crippen LogP contribution >= 0.6 is 0 Å². The van der Waals surface area contributed by atoms with Gasteiger partial charge in [0, 0.05) is 24.8 Å². The number of piperidine rings is 1. The Morgan fingerprint density at radius 1 is 1.35 bits per heavy atom. The molecule has 0 amide bonds. The number of ether oxygens (including phenoxy) is 3. The highest BCUT2D eigenvalue weighted by molar-refractivity contribution is 5.72. The molecular weight excluding hydrogens is 396 g/mol. The van der Waals surface area contributed by atoms with Gasteiger partial charge >= 0.3 is 5.97 Å². The Labute approximate surface area is 184 Å². The van der Waals surface area contributed by atoms with Crippen molar-refractivity contribution in [3.8, 4) is 11.5 Å². The third-order valence-electron chi connectivity index (χ3n) is 7.98. The standard InChI is InChI=1S/C24H34N2O5/c1-22(2,3)31-18(28)13-25-15-8-9-24(29-5)17-12-14-6-7-16(27)20-19(14)23(24,21(15)30-20)10-11-26(17)4/h6-7,15,17,21,25,27H,8-13H2,1-5H3/t15?,17?,21-,23-,24+/m0/s1. The number of nitrogens with one attached hydrogen (secondary N) is 1. The van der Waals surface area contributed by atoms with Crippen LogP contribution in [-0.4, -0.2) is 72.6 Å². The number of methoxy groups -OCH3 is 1. The van der Waals surface area contributed by atoms with Crippen LogP contribution in [-0.2, 0) is 26.1 Å². The van der Waals surface area contributed by atoms with Crippen molar-refractivity contribution in [2.75, 3.05) is 27.2 Å². The van der Waals surface area contributed by atoms with Crippen molar-refractivity contribution in [2.24, 2.45) is 0 Å². The first-order valence-corrected chi connectivity index (χ1v) is 11.4. The highest BCUT2D eigenvalue weighted by atomic mass is 16.6. The number of carbonyl (C=O) groups is 1. The number of phenolic OH excluding ortho intramolecular Hbond substituents is 1. The number of nitrogens with zero attached hydrogens (tertiary/aromatic N) is 1. The Balaban J connectivity index is 1.54. The maximum absolute atomic E-state index is 12.4. The molecule has 5 atom stereocenters. The molecule has 1 saturated carbocycles. The molecule has 2 aliphatic heterocycles. The number of likely N-dealkylation sites (N-methyl/N-ethyl adjacent to an activating group) is 1. The van der Waals surface area contributed by atoms with E-state index in [1.807, 2.05) is 33.9 Å². The van der Waals surface area contributed by atoms with Gasteiger partial charge in [-0.15, -0.1) is 0 Å². The molecule has 2 fully saturated rings. The molecular formula is C24H34N2O5. The Morgan fingerprint density at radius 2 is 2.13 bits per heavy atom. The van der Waals surface area contributed by atoms with Gasteiger partial charge in [-0.1, -0.05) is 6.07 Å². The Kier molecular flexibility index (Phi) is 4.64. The summed E-state index contributed by atoms with van der Waals surface area (Å²) in [5.41, 5.74) is 1.14. The Morgan fingerprint density at radius 3 is 2.84 bits per heavy atom. The summed E-state index contributed by atoms with van der Waals surface area (Å²) in [6.45, 7) is 6.71. The quantitative estimate of drug-likeness (QED) is 0.709. The monoisotopic (exact) mass is 430 g/mol. The summed E-state index contributed by atoms with van der Waals surface area (Å²) < 4.78 is 18.5. The molecule has 7 heteroatoms. The predicted octanol–water partition coefficient (Wildman–Crippen LogP) is 2.13. The van der Waals surface area contributed by atoms with Crippen LogP contribution in [0.4, 0.5) is 0 Å². The smallest absolute Gasteiger partial charge is 0.320 e.